The Balaban J connectivity index is 1.12. The molecule has 1 aromatic heterocycles. The van der Waals surface area contributed by atoms with Gasteiger partial charge in [0.1, 0.15) is 11.2 Å². The van der Waals surface area contributed by atoms with Crippen LogP contribution in [0, 0.1) is 0 Å². The lowest BCUT2D eigenvalue weighted by Gasteiger charge is -2.34. The predicted octanol–water partition coefficient (Wildman–Crippen LogP) is 12.9. The number of para-hydroxylation sites is 4. The van der Waals surface area contributed by atoms with Gasteiger partial charge in [-0.25, -0.2) is 0 Å². The third-order valence-corrected chi connectivity index (χ3v) is 10.2. The molecule has 0 saturated heterocycles. The molecule has 0 spiro atoms. The van der Waals surface area contributed by atoms with Crippen LogP contribution in [0.1, 0.15) is 25.0 Å². The van der Waals surface area contributed by atoms with Crippen molar-refractivity contribution in [1.29, 1.82) is 0 Å². The molecule has 49 heavy (non-hydrogen) atoms. The monoisotopic (exact) mass is 632 g/mol. The van der Waals surface area contributed by atoms with E-state index >= 15 is 0 Å². The zero-order valence-corrected chi connectivity index (χ0v) is 27.2. The van der Waals surface area contributed by atoms with Crippen molar-refractivity contribution < 1.29 is 9.15 Å². The van der Waals surface area contributed by atoms with Gasteiger partial charge in [0.2, 0.25) is 0 Å². The predicted molar refractivity (Wildman–Crippen MR) is 201 cm³/mol. The number of hydrogen-bond donors (Lipinski definition) is 0. The van der Waals surface area contributed by atoms with Gasteiger partial charge in [-0.3, -0.25) is 0 Å². The Morgan fingerprint density at radius 1 is 0.490 bits per heavy atom. The molecule has 10 rings (SSSR count). The maximum atomic E-state index is 6.68. The van der Waals surface area contributed by atoms with E-state index < -0.39 is 0 Å². The molecule has 1 aliphatic carbocycles. The standard InChI is InChI=1S/C45H32N2O2/c1-45(2)37-16-8-6-14-33(37)36-26-30(21-24-38(36)45)46(29-12-4-3-5-13-29)31-22-25-40-44(28-31)49-42-19-11-9-17-39(42)47(40)32-20-23-35-34-15-7-10-18-41(34)48-43(35)27-32/h3-28H,1-2H3. The summed E-state index contributed by atoms with van der Waals surface area (Å²) in [6, 6.07) is 55.7. The molecule has 8 aromatic rings. The van der Waals surface area contributed by atoms with Gasteiger partial charge in [-0.1, -0.05) is 92.7 Å². The molecule has 0 atom stereocenters. The number of anilines is 6. The molecule has 2 heterocycles. The largest absolute Gasteiger partial charge is 0.456 e. The molecule has 0 bridgehead atoms. The smallest absolute Gasteiger partial charge is 0.153 e. The van der Waals surface area contributed by atoms with E-state index in [-0.39, 0.29) is 5.41 Å². The minimum absolute atomic E-state index is 0.0517. The number of ether oxygens (including phenoxy) is 1. The van der Waals surface area contributed by atoms with Crippen molar-refractivity contribution in [3.8, 4) is 22.6 Å². The van der Waals surface area contributed by atoms with Crippen molar-refractivity contribution in [3.63, 3.8) is 0 Å². The highest BCUT2D eigenvalue weighted by Gasteiger charge is 2.36. The summed E-state index contributed by atoms with van der Waals surface area (Å²) in [5.41, 5.74) is 13.2. The van der Waals surface area contributed by atoms with Gasteiger partial charge in [-0.05, 0) is 89.0 Å². The van der Waals surface area contributed by atoms with E-state index in [1.165, 1.54) is 22.3 Å². The molecule has 0 saturated carbocycles. The fourth-order valence-electron chi connectivity index (χ4n) is 7.89. The SMILES string of the molecule is CC1(C)c2ccccc2-c2cc(N(c3ccccc3)c3ccc4c(c3)Oc3ccccc3N4c3ccc4c(c3)oc3ccccc34)ccc21. The van der Waals surface area contributed by atoms with E-state index in [9.17, 15) is 0 Å². The molecular weight excluding hydrogens is 601 g/mol. The maximum Gasteiger partial charge on any atom is 0.153 e. The van der Waals surface area contributed by atoms with Crippen LogP contribution in [0.2, 0.25) is 0 Å². The van der Waals surface area contributed by atoms with Crippen LogP contribution in [0.3, 0.4) is 0 Å². The van der Waals surface area contributed by atoms with Crippen molar-refractivity contribution in [2.45, 2.75) is 19.3 Å². The van der Waals surface area contributed by atoms with Gasteiger partial charge in [-0.2, -0.15) is 0 Å². The molecule has 4 nitrogen and oxygen atoms in total. The molecule has 0 N–H and O–H groups in total. The highest BCUT2D eigenvalue weighted by Crippen LogP contribution is 2.54. The third kappa shape index (κ3) is 4.17. The average Bonchev–Trinajstić information content (AvgIpc) is 3.62. The summed E-state index contributed by atoms with van der Waals surface area (Å²) >= 11 is 0. The minimum atomic E-state index is -0.0517. The van der Waals surface area contributed by atoms with Crippen LogP contribution >= 0.6 is 0 Å². The van der Waals surface area contributed by atoms with Gasteiger partial charge in [0.15, 0.2) is 11.5 Å². The summed E-state index contributed by atoms with van der Waals surface area (Å²) in [4.78, 5) is 4.59. The maximum absolute atomic E-state index is 6.68. The first-order valence-electron chi connectivity index (χ1n) is 16.8. The number of hydrogen-bond acceptors (Lipinski definition) is 4. The van der Waals surface area contributed by atoms with Crippen molar-refractivity contribution in [1.82, 2.24) is 0 Å². The Hall–Kier alpha value is -6.26. The molecule has 0 amide bonds. The van der Waals surface area contributed by atoms with Crippen molar-refractivity contribution >= 4 is 56.1 Å². The lowest BCUT2D eigenvalue weighted by atomic mass is 9.82. The first-order chi connectivity index (χ1) is 24.0. The summed E-state index contributed by atoms with van der Waals surface area (Å²) in [6.45, 7) is 4.64. The van der Waals surface area contributed by atoms with E-state index in [4.69, 9.17) is 9.15 Å². The minimum Gasteiger partial charge on any atom is -0.456 e. The fourth-order valence-corrected chi connectivity index (χ4v) is 7.89. The third-order valence-electron chi connectivity index (χ3n) is 10.2. The molecule has 2 aliphatic rings. The Kier molecular flexibility index (Phi) is 5.89. The second-order valence-electron chi connectivity index (χ2n) is 13.4. The average molecular weight is 633 g/mol. The lowest BCUT2D eigenvalue weighted by molar-refractivity contribution is 0.477. The van der Waals surface area contributed by atoms with E-state index in [1.54, 1.807) is 0 Å². The second kappa shape index (κ2) is 10.4. The zero-order chi connectivity index (χ0) is 32.7. The lowest BCUT2D eigenvalue weighted by Crippen LogP contribution is -2.17. The zero-order valence-electron chi connectivity index (χ0n) is 27.2. The fraction of sp³-hybridized carbons (Fsp3) is 0.0667. The highest BCUT2D eigenvalue weighted by atomic mass is 16.5. The van der Waals surface area contributed by atoms with Crippen LogP contribution in [0.5, 0.6) is 11.5 Å². The van der Waals surface area contributed by atoms with Crippen molar-refractivity contribution in [3.05, 3.63) is 169 Å². The Bertz CT molecular complexity index is 2580. The number of furan rings is 1. The van der Waals surface area contributed by atoms with Gasteiger partial charge in [0.25, 0.3) is 0 Å². The van der Waals surface area contributed by atoms with Crippen molar-refractivity contribution in [2.24, 2.45) is 0 Å². The van der Waals surface area contributed by atoms with Crippen LogP contribution in [-0.4, -0.2) is 0 Å². The second-order valence-corrected chi connectivity index (χ2v) is 13.4. The summed E-state index contributed by atoms with van der Waals surface area (Å²) in [5, 5.41) is 2.23. The van der Waals surface area contributed by atoms with Gasteiger partial charge in [0.05, 0.1) is 17.1 Å². The topological polar surface area (TPSA) is 28.9 Å². The van der Waals surface area contributed by atoms with Crippen LogP contribution in [-0.2, 0) is 5.41 Å². The van der Waals surface area contributed by atoms with E-state index in [0.717, 1.165) is 67.6 Å². The number of rotatable bonds is 4. The van der Waals surface area contributed by atoms with Gasteiger partial charge < -0.3 is 19.0 Å². The van der Waals surface area contributed by atoms with E-state index in [0.29, 0.717) is 0 Å². The van der Waals surface area contributed by atoms with Crippen LogP contribution in [0.25, 0.3) is 33.1 Å². The van der Waals surface area contributed by atoms with E-state index in [2.05, 4.69) is 157 Å². The van der Waals surface area contributed by atoms with Crippen LogP contribution < -0.4 is 14.5 Å². The molecule has 0 unspecified atom stereocenters. The normalized spacial score (nSPS) is 13.8. The Morgan fingerprint density at radius 3 is 2.10 bits per heavy atom. The van der Waals surface area contributed by atoms with Gasteiger partial charge in [-0.15, -0.1) is 0 Å². The first kappa shape index (κ1) is 27.8. The van der Waals surface area contributed by atoms with Gasteiger partial charge in [0, 0.05) is 45.4 Å². The molecule has 7 aromatic carbocycles. The first-order valence-corrected chi connectivity index (χ1v) is 16.8. The van der Waals surface area contributed by atoms with Crippen LogP contribution in [0.15, 0.2) is 162 Å². The van der Waals surface area contributed by atoms with Gasteiger partial charge >= 0.3 is 0 Å². The van der Waals surface area contributed by atoms with Crippen molar-refractivity contribution in [2.75, 3.05) is 9.80 Å². The van der Waals surface area contributed by atoms with Crippen LogP contribution in [0.4, 0.5) is 34.1 Å². The molecular formula is C45H32N2O2. The molecule has 234 valence electrons. The Morgan fingerprint density at radius 2 is 1.18 bits per heavy atom. The summed E-state index contributed by atoms with van der Waals surface area (Å²) in [7, 11) is 0. The highest BCUT2D eigenvalue weighted by molar-refractivity contribution is 6.06. The summed E-state index contributed by atoms with van der Waals surface area (Å²) < 4.78 is 13.0. The summed E-state index contributed by atoms with van der Waals surface area (Å²) in [5.74, 6) is 1.59. The molecule has 1 aliphatic heterocycles. The molecule has 0 radical (unpaired) electrons. The molecule has 4 heteroatoms. The summed E-state index contributed by atoms with van der Waals surface area (Å²) in [6.07, 6.45) is 0. The number of benzene rings is 7. The number of fused-ring (bicyclic) bond motifs is 8. The Labute approximate surface area is 285 Å². The van der Waals surface area contributed by atoms with E-state index in [1.807, 2.05) is 24.3 Å². The number of nitrogens with zero attached hydrogens (tertiary/aromatic N) is 2. The quantitative estimate of drug-likeness (QED) is 0.193. The molecule has 0 fully saturated rings.